The molecule has 0 radical (unpaired) electrons. The van der Waals surface area contributed by atoms with Crippen LogP contribution in [0.25, 0.3) is 11.1 Å². The summed E-state index contributed by atoms with van der Waals surface area (Å²) >= 11 is 6.38. The number of benzene rings is 1. The van der Waals surface area contributed by atoms with Crippen LogP contribution in [0.2, 0.25) is 5.02 Å². The van der Waals surface area contributed by atoms with Crippen molar-refractivity contribution in [1.82, 2.24) is 4.98 Å². The van der Waals surface area contributed by atoms with E-state index in [1.54, 1.807) is 13.2 Å². The molecule has 3 nitrogen and oxygen atoms in total. The number of methoxy groups -OCH3 is 1. The molecule has 25 heavy (non-hydrogen) atoms. The van der Waals surface area contributed by atoms with Crippen molar-refractivity contribution in [3.8, 4) is 11.1 Å². The molecule has 0 unspecified atom stereocenters. The van der Waals surface area contributed by atoms with Gasteiger partial charge >= 0.3 is 0 Å². The van der Waals surface area contributed by atoms with Gasteiger partial charge in [0, 0.05) is 47.0 Å². The molecule has 1 heterocycles. The fraction of sp³-hybridized carbons (Fsp3) is 0.450. The van der Waals surface area contributed by atoms with Gasteiger partial charge in [0.2, 0.25) is 0 Å². The third-order valence-electron chi connectivity index (χ3n) is 5.04. The standard InChI is InChI=1S/C20H21ClFNO2/c1-25-10-16-18(14-7-6-13(22)8-17(14)21)15(9-24)19(11-2-3-11)23-20(16)12-4-5-12/h6-8,11-12,24H,2-5,9-10H2,1H3. The van der Waals surface area contributed by atoms with Crippen LogP contribution in [0.15, 0.2) is 18.2 Å². The number of hydrogen-bond acceptors (Lipinski definition) is 3. The number of aliphatic hydroxyl groups is 1. The first-order chi connectivity index (χ1) is 12.1. The SMILES string of the molecule is COCc1c(C2CC2)nc(C2CC2)c(CO)c1-c1ccc(F)cc1Cl. The van der Waals surface area contributed by atoms with E-state index in [9.17, 15) is 9.50 Å². The van der Waals surface area contributed by atoms with Crippen molar-refractivity contribution in [3.05, 3.63) is 51.6 Å². The molecule has 1 aromatic heterocycles. The topological polar surface area (TPSA) is 42.4 Å². The van der Waals surface area contributed by atoms with Crippen LogP contribution >= 0.6 is 11.6 Å². The minimum absolute atomic E-state index is 0.108. The van der Waals surface area contributed by atoms with Gasteiger partial charge in [0.25, 0.3) is 0 Å². The first-order valence-electron chi connectivity index (χ1n) is 8.74. The third-order valence-corrected chi connectivity index (χ3v) is 5.35. The van der Waals surface area contributed by atoms with Gasteiger partial charge in [0.05, 0.1) is 18.2 Å². The first-order valence-corrected chi connectivity index (χ1v) is 9.12. The molecule has 0 amide bonds. The highest BCUT2D eigenvalue weighted by Crippen LogP contribution is 2.49. The molecule has 0 aliphatic heterocycles. The lowest BCUT2D eigenvalue weighted by Gasteiger charge is -2.21. The Morgan fingerprint density at radius 2 is 1.80 bits per heavy atom. The summed E-state index contributed by atoms with van der Waals surface area (Å²) in [5.41, 5.74) is 5.47. The van der Waals surface area contributed by atoms with Crippen LogP contribution in [-0.2, 0) is 18.0 Å². The summed E-state index contributed by atoms with van der Waals surface area (Å²) in [5, 5.41) is 10.5. The quantitative estimate of drug-likeness (QED) is 0.792. The van der Waals surface area contributed by atoms with Gasteiger partial charge in [0.1, 0.15) is 5.82 Å². The molecule has 2 aliphatic rings. The summed E-state index contributed by atoms with van der Waals surface area (Å²) in [6, 6.07) is 4.42. The Hall–Kier alpha value is -1.49. The van der Waals surface area contributed by atoms with Crippen LogP contribution in [0.1, 0.15) is 60.0 Å². The van der Waals surface area contributed by atoms with E-state index in [1.165, 1.54) is 12.1 Å². The number of pyridine rings is 1. The Balaban J connectivity index is 2.01. The molecule has 2 fully saturated rings. The zero-order valence-electron chi connectivity index (χ0n) is 14.2. The average Bonchev–Trinajstić information content (AvgIpc) is 3.48. The van der Waals surface area contributed by atoms with Gasteiger partial charge in [-0.15, -0.1) is 0 Å². The molecule has 2 saturated carbocycles. The van der Waals surface area contributed by atoms with Crippen LogP contribution in [-0.4, -0.2) is 17.2 Å². The summed E-state index contributed by atoms with van der Waals surface area (Å²) < 4.78 is 19.0. The van der Waals surface area contributed by atoms with Crippen molar-refractivity contribution in [2.45, 2.75) is 50.7 Å². The molecule has 0 spiro atoms. The van der Waals surface area contributed by atoms with Gasteiger partial charge in [0.15, 0.2) is 0 Å². The molecule has 5 heteroatoms. The maximum atomic E-state index is 13.6. The predicted octanol–water partition coefficient (Wildman–Crippen LogP) is 4.93. The highest BCUT2D eigenvalue weighted by Gasteiger charge is 2.35. The van der Waals surface area contributed by atoms with E-state index in [2.05, 4.69) is 0 Å². The van der Waals surface area contributed by atoms with Crippen molar-refractivity contribution < 1.29 is 14.2 Å². The molecule has 0 bridgehead atoms. The summed E-state index contributed by atoms with van der Waals surface area (Å²) in [6.07, 6.45) is 4.46. The number of ether oxygens (including phenoxy) is 1. The van der Waals surface area contributed by atoms with Crippen molar-refractivity contribution in [3.63, 3.8) is 0 Å². The maximum absolute atomic E-state index is 13.6. The second kappa shape index (κ2) is 6.67. The summed E-state index contributed by atoms with van der Waals surface area (Å²) in [7, 11) is 1.65. The zero-order chi connectivity index (χ0) is 17.6. The predicted molar refractivity (Wildman–Crippen MR) is 95.2 cm³/mol. The van der Waals surface area contributed by atoms with Gasteiger partial charge in [-0.25, -0.2) is 4.39 Å². The van der Waals surface area contributed by atoms with E-state index < -0.39 is 0 Å². The highest BCUT2D eigenvalue weighted by atomic mass is 35.5. The van der Waals surface area contributed by atoms with E-state index in [4.69, 9.17) is 21.3 Å². The van der Waals surface area contributed by atoms with E-state index in [-0.39, 0.29) is 12.4 Å². The first kappa shape index (κ1) is 17.0. The van der Waals surface area contributed by atoms with E-state index >= 15 is 0 Å². The van der Waals surface area contributed by atoms with E-state index in [1.807, 2.05) is 0 Å². The summed E-state index contributed by atoms with van der Waals surface area (Å²) in [6.45, 7) is 0.295. The summed E-state index contributed by atoms with van der Waals surface area (Å²) in [4.78, 5) is 4.96. The number of nitrogens with zero attached hydrogens (tertiary/aromatic N) is 1. The van der Waals surface area contributed by atoms with Crippen molar-refractivity contribution in [2.24, 2.45) is 0 Å². The molecule has 4 rings (SSSR count). The van der Waals surface area contributed by atoms with Crippen LogP contribution in [0.3, 0.4) is 0 Å². The van der Waals surface area contributed by atoms with Crippen LogP contribution < -0.4 is 0 Å². The summed E-state index contributed by atoms with van der Waals surface area (Å²) in [5.74, 6) is 0.495. The van der Waals surface area contributed by atoms with Gasteiger partial charge in [-0.3, -0.25) is 4.98 Å². The molecule has 1 aromatic carbocycles. The average molecular weight is 362 g/mol. The Kier molecular flexibility index (Phi) is 4.52. The smallest absolute Gasteiger partial charge is 0.124 e. The van der Waals surface area contributed by atoms with Crippen molar-refractivity contribution in [1.29, 1.82) is 0 Å². The van der Waals surface area contributed by atoms with Crippen LogP contribution in [0.4, 0.5) is 4.39 Å². The van der Waals surface area contributed by atoms with Crippen molar-refractivity contribution >= 4 is 11.6 Å². The Morgan fingerprint density at radius 3 is 2.32 bits per heavy atom. The molecule has 2 aliphatic carbocycles. The highest BCUT2D eigenvalue weighted by molar-refractivity contribution is 6.33. The monoisotopic (exact) mass is 361 g/mol. The molecule has 0 atom stereocenters. The van der Waals surface area contributed by atoms with E-state index in [0.717, 1.165) is 59.3 Å². The molecule has 0 saturated heterocycles. The molecule has 132 valence electrons. The lowest BCUT2D eigenvalue weighted by molar-refractivity contribution is 0.183. The molecule has 1 N–H and O–H groups in total. The number of rotatable bonds is 6. The lowest BCUT2D eigenvalue weighted by Crippen LogP contribution is -2.10. The Bertz CT molecular complexity index is 816. The second-order valence-electron chi connectivity index (χ2n) is 6.98. The molecule has 2 aromatic rings. The van der Waals surface area contributed by atoms with Gasteiger partial charge in [-0.05, 0) is 49.4 Å². The van der Waals surface area contributed by atoms with Gasteiger partial charge < -0.3 is 9.84 Å². The van der Waals surface area contributed by atoms with E-state index in [0.29, 0.717) is 23.5 Å². The Morgan fingerprint density at radius 1 is 1.16 bits per heavy atom. The number of hydrogen-bond donors (Lipinski definition) is 1. The fourth-order valence-corrected chi connectivity index (χ4v) is 3.82. The number of aromatic nitrogens is 1. The maximum Gasteiger partial charge on any atom is 0.124 e. The van der Waals surface area contributed by atoms with Crippen LogP contribution in [0, 0.1) is 5.82 Å². The molecular formula is C20H21ClFNO2. The second-order valence-corrected chi connectivity index (χ2v) is 7.39. The lowest BCUT2D eigenvalue weighted by atomic mass is 9.90. The minimum Gasteiger partial charge on any atom is -0.392 e. The zero-order valence-corrected chi connectivity index (χ0v) is 14.9. The normalized spacial score (nSPS) is 17.1. The minimum atomic E-state index is -0.369. The third kappa shape index (κ3) is 3.19. The Labute approximate surface area is 151 Å². The number of aliphatic hydroxyl groups excluding tert-OH is 1. The van der Waals surface area contributed by atoms with Gasteiger partial charge in [-0.2, -0.15) is 0 Å². The fourth-order valence-electron chi connectivity index (χ4n) is 3.56. The van der Waals surface area contributed by atoms with Crippen LogP contribution in [0.5, 0.6) is 0 Å². The van der Waals surface area contributed by atoms with Crippen molar-refractivity contribution in [2.75, 3.05) is 7.11 Å². The van der Waals surface area contributed by atoms with Gasteiger partial charge in [-0.1, -0.05) is 11.6 Å². The molecular weight excluding hydrogens is 341 g/mol. The number of halogens is 2. The largest absolute Gasteiger partial charge is 0.392 e.